The van der Waals surface area contributed by atoms with E-state index in [1.807, 2.05) is 23.7 Å². The molecule has 1 atom stereocenters. The van der Waals surface area contributed by atoms with Gasteiger partial charge in [0.2, 0.25) is 5.89 Å². The molecule has 0 radical (unpaired) electrons. The Labute approximate surface area is 170 Å². The molecule has 1 aromatic carbocycles. The van der Waals surface area contributed by atoms with Crippen molar-refractivity contribution in [3.63, 3.8) is 0 Å². The second-order valence-electron chi connectivity index (χ2n) is 7.34. The molecular formula is C21H27N7O. The predicted molar refractivity (Wildman–Crippen MR) is 111 cm³/mol. The minimum absolute atomic E-state index is 0.266. The highest BCUT2D eigenvalue weighted by Crippen LogP contribution is 2.19. The third kappa shape index (κ3) is 4.64. The number of benzene rings is 1. The molecule has 1 unspecified atom stereocenters. The molecule has 8 heteroatoms. The molecule has 1 aliphatic heterocycles. The molecule has 0 fully saturated rings. The Balaban J connectivity index is 1.40. The van der Waals surface area contributed by atoms with Crippen molar-refractivity contribution in [1.82, 2.24) is 30.4 Å². The van der Waals surface area contributed by atoms with Crippen LogP contribution >= 0.6 is 0 Å². The van der Waals surface area contributed by atoms with E-state index in [1.54, 1.807) is 6.26 Å². The highest BCUT2D eigenvalue weighted by Gasteiger charge is 2.21. The summed E-state index contributed by atoms with van der Waals surface area (Å²) in [5.41, 5.74) is 2.98. The number of hydrogen-bond donors (Lipinski definition) is 2. The Hall–Kier alpha value is -3.16. The number of rotatable bonds is 5. The maximum atomic E-state index is 5.63. The lowest BCUT2D eigenvalue weighted by molar-refractivity contribution is 0.392. The van der Waals surface area contributed by atoms with Gasteiger partial charge < -0.3 is 15.1 Å². The smallest absolute Gasteiger partial charge is 0.226 e. The number of aliphatic imine (C=N–C) groups is 1. The van der Waals surface area contributed by atoms with Crippen molar-refractivity contribution < 1.29 is 4.42 Å². The lowest BCUT2D eigenvalue weighted by Crippen LogP contribution is -2.47. The SMILES string of the molecule is CCNC(=NCc1coc(-c2ccc(C)cc2)n1)NC1CCc2nc(C)nn2C1. The third-order valence-corrected chi connectivity index (χ3v) is 4.90. The van der Waals surface area contributed by atoms with Gasteiger partial charge in [0.25, 0.3) is 0 Å². The topological polar surface area (TPSA) is 93.2 Å². The van der Waals surface area contributed by atoms with E-state index in [4.69, 9.17) is 4.42 Å². The fraction of sp³-hybridized carbons (Fsp3) is 0.429. The van der Waals surface area contributed by atoms with Crippen molar-refractivity contribution in [2.75, 3.05) is 6.54 Å². The van der Waals surface area contributed by atoms with Crippen LogP contribution in [0.5, 0.6) is 0 Å². The van der Waals surface area contributed by atoms with E-state index < -0.39 is 0 Å². The maximum Gasteiger partial charge on any atom is 0.226 e. The van der Waals surface area contributed by atoms with Crippen molar-refractivity contribution in [3.05, 3.63) is 53.4 Å². The van der Waals surface area contributed by atoms with Crippen LogP contribution in [0.15, 0.2) is 39.9 Å². The molecular weight excluding hydrogens is 366 g/mol. The van der Waals surface area contributed by atoms with Crippen LogP contribution in [0.1, 0.15) is 36.3 Å². The van der Waals surface area contributed by atoms with Crippen LogP contribution in [-0.4, -0.2) is 38.3 Å². The molecule has 0 spiro atoms. The van der Waals surface area contributed by atoms with E-state index in [-0.39, 0.29) is 6.04 Å². The molecule has 2 aromatic heterocycles. The second-order valence-corrected chi connectivity index (χ2v) is 7.34. The zero-order chi connectivity index (χ0) is 20.2. The summed E-state index contributed by atoms with van der Waals surface area (Å²) in [5.74, 6) is 3.29. The number of aromatic nitrogens is 4. The lowest BCUT2D eigenvalue weighted by atomic mass is 10.1. The van der Waals surface area contributed by atoms with Crippen molar-refractivity contribution in [3.8, 4) is 11.5 Å². The molecule has 8 nitrogen and oxygen atoms in total. The number of oxazole rings is 1. The van der Waals surface area contributed by atoms with Gasteiger partial charge in [-0.2, -0.15) is 5.10 Å². The van der Waals surface area contributed by atoms with Crippen molar-refractivity contribution >= 4 is 5.96 Å². The van der Waals surface area contributed by atoms with Crippen LogP contribution in [0.2, 0.25) is 0 Å². The zero-order valence-electron chi connectivity index (χ0n) is 17.1. The summed E-state index contributed by atoms with van der Waals surface area (Å²) < 4.78 is 7.63. The van der Waals surface area contributed by atoms with Gasteiger partial charge in [-0.05, 0) is 39.3 Å². The predicted octanol–water partition coefficient (Wildman–Crippen LogP) is 2.62. The van der Waals surface area contributed by atoms with Gasteiger partial charge in [0.15, 0.2) is 5.96 Å². The molecule has 0 saturated heterocycles. The van der Waals surface area contributed by atoms with Crippen LogP contribution in [-0.2, 0) is 19.5 Å². The molecule has 152 valence electrons. The van der Waals surface area contributed by atoms with Gasteiger partial charge in [-0.25, -0.2) is 19.6 Å². The van der Waals surface area contributed by atoms with Crippen LogP contribution in [0, 0.1) is 13.8 Å². The summed E-state index contributed by atoms with van der Waals surface area (Å²) in [7, 11) is 0. The Bertz CT molecular complexity index is 987. The fourth-order valence-corrected chi connectivity index (χ4v) is 3.43. The molecule has 2 N–H and O–H groups in total. The summed E-state index contributed by atoms with van der Waals surface area (Å²) in [6, 6.07) is 8.40. The maximum absolute atomic E-state index is 5.63. The Morgan fingerprint density at radius 3 is 2.86 bits per heavy atom. The molecule has 1 aliphatic rings. The molecule has 0 aliphatic carbocycles. The van der Waals surface area contributed by atoms with E-state index >= 15 is 0 Å². The second kappa shape index (κ2) is 8.46. The fourth-order valence-electron chi connectivity index (χ4n) is 3.43. The molecule has 3 heterocycles. The number of fused-ring (bicyclic) bond motifs is 1. The Kier molecular flexibility index (Phi) is 5.59. The van der Waals surface area contributed by atoms with E-state index in [0.29, 0.717) is 12.4 Å². The minimum Gasteiger partial charge on any atom is -0.444 e. The first-order valence-corrected chi connectivity index (χ1v) is 10.1. The first-order valence-electron chi connectivity index (χ1n) is 10.1. The number of nitrogens with zero attached hydrogens (tertiary/aromatic N) is 5. The summed E-state index contributed by atoms with van der Waals surface area (Å²) in [5, 5.41) is 11.3. The highest BCUT2D eigenvalue weighted by atomic mass is 16.3. The van der Waals surface area contributed by atoms with E-state index in [1.165, 1.54) is 5.56 Å². The van der Waals surface area contributed by atoms with Crippen molar-refractivity contribution in [2.45, 2.75) is 52.7 Å². The van der Waals surface area contributed by atoms with Gasteiger partial charge >= 0.3 is 0 Å². The Morgan fingerprint density at radius 1 is 1.24 bits per heavy atom. The van der Waals surface area contributed by atoms with Crippen LogP contribution < -0.4 is 10.6 Å². The average molecular weight is 393 g/mol. The first-order chi connectivity index (χ1) is 14.1. The zero-order valence-corrected chi connectivity index (χ0v) is 17.1. The first kappa shape index (κ1) is 19.2. The van der Waals surface area contributed by atoms with Crippen LogP contribution in [0.25, 0.3) is 11.5 Å². The molecule has 29 heavy (non-hydrogen) atoms. The van der Waals surface area contributed by atoms with Gasteiger partial charge in [0.1, 0.15) is 23.6 Å². The molecule has 0 amide bonds. The van der Waals surface area contributed by atoms with Gasteiger partial charge in [-0.1, -0.05) is 17.7 Å². The third-order valence-electron chi connectivity index (χ3n) is 4.90. The summed E-state index contributed by atoms with van der Waals surface area (Å²) in [6.07, 6.45) is 3.60. The van der Waals surface area contributed by atoms with Crippen molar-refractivity contribution in [1.29, 1.82) is 0 Å². The molecule has 0 saturated carbocycles. The largest absolute Gasteiger partial charge is 0.444 e. The number of nitrogens with one attached hydrogen (secondary N) is 2. The summed E-state index contributed by atoms with van der Waals surface area (Å²) >= 11 is 0. The highest BCUT2D eigenvalue weighted by molar-refractivity contribution is 5.80. The van der Waals surface area contributed by atoms with E-state index in [2.05, 4.69) is 56.7 Å². The number of hydrogen-bond acceptors (Lipinski definition) is 5. The lowest BCUT2D eigenvalue weighted by Gasteiger charge is -2.25. The average Bonchev–Trinajstić information content (AvgIpc) is 3.32. The standard InChI is InChI=1S/C21H27N7O/c1-4-22-21(26-17-9-10-19-24-15(3)27-28(19)12-17)23-11-18-13-29-20(25-18)16-7-5-14(2)6-8-16/h5-8,13,17H,4,9-12H2,1-3H3,(H2,22,23,26). The van der Waals surface area contributed by atoms with Crippen LogP contribution in [0.3, 0.4) is 0 Å². The molecule has 3 aromatic rings. The number of guanidine groups is 1. The quantitative estimate of drug-likeness (QED) is 0.511. The Morgan fingerprint density at radius 2 is 2.07 bits per heavy atom. The molecule has 0 bridgehead atoms. The van der Waals surface area contributed by atoms with Gasteiger partial charge in [0, 0.05) is 24.6 Å². The van der Waals surface area contributed by atoms with E-state index in [0.717, 1.165) is 54.8 Å². The van der Waals surface area contributed by atoms with Gasteiger partial charge in [0.05, 0.1) is 13.1 Å². The monoisotopic (exact) mass is 393 g/mol. The van der Waals surface area contributed by atoms with E-state index in [9.17, 15) is 0 Å². The van der Waals surface area contributed by atoms with Gasteiger partial charge in [-0.15, -0.1) is 0 Å². The summed E-state index contributed by atoms with van der Waals surface area (Å²) in [6.45, 7) is 8.09. The van der Waals surface area contributed by atoms with Crippen LogP contribution in [0.4, 0.5) is 0 Å². The van der Waals surface area contributed by atoms with Gasteiger partial charge in [-0.3, -0.25) is 0 Å². The molecule has 4 rings (SSSR count). The van der Waals surface area contributed by atoms with Crippen molar-refractivity contribution in [2.24, 2.45) is 4.99 Å². The minimum atomic E-state index is 0.266. The normalized spacial score (nSPS) is 16.5. The summed E-state index contributed by atoms with van der Waals surface area (Å²) in [4.78, 5) is 13.7. The number of aryl methyl sites for hydroxylation is 3.